The first-order chi connectivity index (χ1) is 11.5. The molecule has 4 heteroatoms. The largest absolute Gasteiger partial charge is 0.293 e. The summed E-state index contributed by atoms with van der Waals surface area (Å²) in [6, 6.07) is 16.0. The average Bonchev–Trinajstić information content (AvgIpc) is 2.99. The predicted molar refractivity (Wildman–Crippen MR) is 102 cm³/mol. The number of thioether (sulfide) groups is 1. The van der Waals surface area contributed by atoms with Gasteiger partial charge in [0.2, 0.25) is 0 Å². The summed E-state index contributed by atoms with van der Waals surface area (Å²) < 4.78 is 0.929. The van der Waals surface area contributed by atoms with Crippen LogP contribution in [0.5, 0.6) is 0 Å². The van der Waals surface area contributed by atoms with Gasteiger partial charge in [-0.05, 0) is 26.3 Å². The van der Waals surface area contributed by atoms with Crippen LogP contribution in [0.2, 0.25) is 0 Å². The molecule has 1 heterocycles. The second-order valence-corrected chi connectivity index (χ2v) is 8.10. The fourth-order valence-electron chi connectivity index (χ4n) is 2.37. The molecule has 0 aliphatic rings. The molecule has 0 saturated heterocycles. The maximum Gasteiger partial charge on any atom is 0.180 e. The Balaban J connectivity index is 1.95. The molecule has 0 saturated carbocycles. The summed E-state index contributed by atoms with van der Waals surface area (Å²) in [6.07, 6.45) is 0. The minimum atomic E-state index is -0.279. The van der Waals surface area contributed by atoms with Gasteiger partial charge >= 0.3 is 0 Å². The number of carbonyl (C=O) groups excluding carboxylic acids is 1. The smallest absolute Gasteiger partial charge is 0.180 e. The van der Waals surface area contributed by atoms with Gasteiger partial charge in [-0.1, -0.05) is 71.4 Å². The normalized spacial score (nSPS) is 12.1. The topological polar surface area (TPSA) is 30.0 Å². The molecular weight excluding hydrogens is 334 g/mol. The van der Waals surface area contributed by atoms with Gasteiger partial charge in [0.05, 0.1) is 5.25 Å². The van der Waals surface area contributed by atoms with Gasteiger partial charge in [-0.2, -0.15) is 0 Å². The summed E-state index contributed by atoms with van der Waals surface area (Å²) >= 11 is 3.12. The van der Waals surface area contributed by atoms with Gasteiger partial charge in [-0.15, -0.1) is 11.3 Å². The van der Waals surface area contributed by atoms with Crippen molar-refractivity contribution in [2.75, 3.05) is 0 Å². The fourth-order valence-corrected chi connectivity index (χ4v) is 4.48. The molecule has 122 valence electrons. The van der Waals surface area contributed by atoms with Crippen LogP contribution in [0.3, 0.4) is 0 Å². The number of nitrogens with zero attached hydrogens (tertiary/aromatic N) is 1. The molecule has 1 atom stereocenters. The van der Waals surface area contributed by atoms with Crippen molar-refractivity contribution in [3.05, 3.63) is 81.9 Å². The Labute approximate surface area is 151 Å². The summed E-state index contributed by atoms with van der Waals surface area (Å²) in [6.45, 7) is 6.06. The van der Waals surface area contributed by atoms with Crippen LogP contribution in [0, 0.1) is 20.8 Å². The highest BCUT2D eigenvalue weighted by atomic mass is 32.2. The Morgan fingerprint density at radius 2 is 1.54 bits per heavy atom. The van der Waals surface area contributed by atoms with E-state index in [-0.39, 0.29) is 11.0 Å². The zero-order valence-electron chi connectivity index (χ0n) is 13.9. The molecule has 0 radical (unpaired) electrons. The van der Waals surface area contributed by atoms with Crippen molar-refractivity contribution in [3.8, 4) is 0 Å². The summed E-state index contributed by atoms with van der Waals surface area (Å²) in [5, 5.41) is 1.74. The van der Waals surface area contributed by atoms with Crippen LogP contribution in [-0.2, 0) is 0 Å². The molecule has 0 aliphatic heterocycles. The van der Waals surface area contributed by atoms with Crippen LogP contribution in [-0.4, -0.2) is 10.8 Å². The van der Waals surface area contributed by atoms with Gasteiger partial charge in [0.1, 0.15) is 0 Å². The average molecular weight is 354 g/mol. The van der Waals surface area contributed by atoms with Crippen molar-refractivity contribution in [1.29, 1.82) is 0 Å². The molecule has 0 aliphatic carbocycles. The Morgan fingerprint density at radius 1 is 0.958 bits per heavy atom. The third-order valence-electron chi connectivity index (χ3n) is 3.77. The van der Waals surface area contributed by atoms with E-state index in [9.17, 15) is 4.79 Å². The predicted octanol–water partition coefficient (Wildman–Crippen LogP) is 5.78. The third-order valence-corrected chi connectivity index (χ3v) is 6.12. The zero-order valence-corrected chi connectivity index (χ0v) is 15.6. The number of aromatic nitrogens is 1. The van der Waals surface area contributed by atoms with E-state index in [2.05, 4.69) is 24.0 Å². The maximum atomic E-state index is 13.1. The van der Waals surface area contributed by atoms with Crippen molar-refractivity contribution in [2.45, 2.75) is 30.4 Å². The van der Waals surface area contributed by atoms with E-state index in [0.717, 1.165) is 26.7 Å². The lowest BCUT2D eigenvalue weighted by molar-refractivity contribution is 0.0989. The molecule has 3 aromatic rings. The number of thiazole rings is 1. The van der Waals surface area contributed by atoms with E-state index < -0.39 is 0 Å². The van der Waals surface area contributed by atoms with Crippen LogP contribution in [0.15, 0.2) is 58.3 Å². The van der Waals surface area contributed by atoms with Gasteiger partial charge in [-0.25, -0.2) is 4.98 Å². The molecule has 0 bridgehead atoms. The van der Waals surface area contributed by atoms with E-state index >= 15 is 0 Å². The Morgan fingerprint density at radius 3 is 2.08 bits per heavy atom. The number of aryl methyl sites for hydroxylation is 3. The number of hydrogen-bond donors (Lipinski definition) is 0. The fraction of sp³-hybridized carbons (Fsp3) is 0.200. The number of benzene rings is 2. The van der Waals surface area contributed by atoms with Crippen molar-refractivity contribution >= 4 is 28.9 Å². The van der Waals surface area contributed by atoms with E-state index in [1.54, 1.807) is 11.3 Å². The van der Waals surface area contributed by atoms with Crippen molar-refractivity contribution < 1.29 is 4.79 Å². The minimum Gasteiger partial charge on any atom is -0.293 e. The highest BCUT2D eigenvalue weighted by Gasteiger charge is 2.24. The summed E-state index contributed by atoms with van der Waals surface area (Å²) in [7, 11) is 0. The van der Waals surface area contributed by atoms with E-state index in [1.807, 2.05) is 55.6 Å². The van der Waals surface area contributed by atoms with Gasteiger partial charge in [0.25, 0.3) is 0 Å². The van der Waals surface area contributed by atoms with E-state index in [1.165, 1.54) is 17.3 Å². The Bertz CT molecular complexity index is 835. The molecule has 0 fully saturated rings. The molecule has 1 aromatic heterocycles. The molecule has 0 spiro atoms. The molecule has 0 N–H and O–H groups in total. The third kappa shape index (κ3) is 3.94. The van der Waals surface area contributed by atoms with Crippen molar-refractivity contribution in [3.63, 3.8) is 0 Å². The van der Waals surface area contributed by atoms with Gasteiger partial charge in [0.15, 0.2) is 10.1 Å². The monoisotopic (exact) mass is 353 g/mol. The summed E-state index contributed by atoms with van der Waals surface area (Å²) in [5.74, 6) is 0.122. The van der Waals surface area contributed by atoms with Crippen molar-refractivity contribution in [1.82, 2.24) is 4.98 Å². The zero-order chi connectivity index (χ0) is 17.1. The number of rotatable bonds is 5. The molecule has 2 aromatic carbocycles. The van der Waals surface area contributed by atoms with Crippen LogP contribution in [0.1, 0.15) is 38.0 Å². The van der Waals surface area contributed by atoms with Crippen LogP contribution < -0.4 is 0 Å². The van der Waals surface area contributed by atoms with Crippen LogP contribution in [0.4, 0.5) is 0 Å². The second-order valence-electron chi connectivity index (χ2n) is 5.89. The Kier molecular flexibility index (Phi) is 5.17. The highest BCUT2D eigenvalue weighted by Crippen LogP contribution is 2.39. The second kappa shape index (κ2) is 7.32. The summed E-state index contributed by atoms with van der Waals surface area (Å²) in [4.78, 5) is 17.6. The number of hydrogen-bond acceptors (Lipinski definition) is 4. The molecule has 0 unspecified atom stereocenters. The summed E-state index contributed by atoms with van der Waals surface area (Å²) in [5.41, 5.74) is 5.10. The van der Waals surface area contributed by atoms with Gasteiger partial charge in [0, 0.05) is 16.6 Å². The highest BCUT2D eigenvalue weighted by molar-refractivity contribution is 8.01. The molecule has 3 rings (SSSR count). The first-order valence-corrected chi connectivity index (χ1v) is 9.55. The molecule has 24 heavy (non-hydrogen) atoms. The van der Waals surface area contributed by atoms with Crippen LogP contribution in [0.25, 0.3) is 0 Å². The van der Waals surface area contributed by atoms with Crippen molar-refractivity contribution in [2.24, 2.45) is 0 Å². The molecule has 0 amide bonds. The number of Topliss-reactive ketones (excluding diaryl/α,β-unsaturated/α-hetero) is 1. The van der Waals surface area contributed by atoms with E-state index in [0.29, 0.717) is 0 Å². The SMILES string of the molecule is Cc1ccc(C(=O)[C@@H](Sc2nc(C)cs2)c2ccc(C)cc2)cc1. The van der Waals surface area contributed by atoms with E-state index in [4.69, 9.17) is 0 Å². The lowest BCUT2D eigenvalue weighted by Gasteiger charge is -2.15. The lowest BCUT2D eigenvalue weighted by atomic mass is 10.0. The number of ketones is 1. The first kappa shape index (κ1) is 16.9. The number of carbonyl (C=O) groups is 1. The molecule has 2 nitrogen and oxygen atoms in total. The minimum absolute atomic E-state index is 0.122. The maximum absolute atomic E-state index is 13.1. The van der Waals surface area contributed by atoms with Gasteiger partial charge in [-0.3, -0.25) is 4.79 Å². The molecular formula is C20H19NOS2. The lowest BCUT2D eigenvalue weighted by Crippen LogP contribution is -2.10. The quantitative estimate of drug-likeness (QED) is 0.430. The standard InChI is InChI=1S/C20H19NOS2/c1-13-4-8-16(9-5-13)18(22)19(17-10-6-14(2)7-11-17)24-20-21-15(3)12-23-20/h4-12,19H,1-3H3/t19-/m0/s1. The Hall–Kier alpha value is -1.91. The van der Waals surface area contributed by atoms with Crippen LogP contribution >= 0.6 is 23.1 Å². The first-order valence-electron chi connectivity index (χ1n) is 7.79. The van der Waals surface area contributed by atoms with Gasteiger partial charge < -0.3 is 0 Å².